The van der Waals surface area contributed by atoms with Gasteiger partial charge in [0.05, 0.1) is 23.7 Å². The number of likely N-dealkylation sites (N-methyl/N-ethyl adjacent to an activating group) is 1. The molecule has 4 nitrogen and oxygen atoms in total. The van der Waals surface area contributed by atoms with E-state index in [2.05, 4.69) is 12.2 Å². The van der Waals surface area contributed by atoms with Crippen molar-refractivity contribution < 1.29 is 14.6 Å². The van der Waals surface area contributed by atoms with Gasteiger partial charge in [-0.25, -0.2) is 0 Å². The Bertz CT molecular complexity index is 477. The summed E-state index contributed by atoms with van der Waals surface area (Å²) < 4.78 is 6.19. The summed E-state index contributed by atoms with van der Waals surface area (Å²) in [5, 5.41) is 11.1. The lowest BCUT2D eigenvalue weighted by Crippen LogP contribution is -2.64. The average Bonchev–Trinajstić information content (AvgIpc) is 2.86. The normalized spacial score (nSPS) is 47.8. The second-order valence-corrected chi connectivity index (χ2v) is 7.34. The largest absolute Gasteiger partial charge is 0.390 e. The van der Waals surface area contributed by atoms with Gasteiger partial charge in [0.1, 0.15) is 5.60 Å². The predicted molar refractivity (Wildman–Crippen MR) is 80.7 cm³/mol. The van der Waals surface area contributed by atoms with E-state index in [0.29, 0.717) is 0 Å². The number of carbonyl (C=O) groups is 1. The number of ether oxygens (including phenoxy) is 1. The minimum Gasteiger partial charge on any atom is -0.390 e. The number of nitrogens with zero attached hydrogens (tertiary/aromatic N) is 1. The van der Waals surface area contributed by atoms with E-state index in [1.165, 1.54) is 0 Å². The van der Waals surface area contributed by atoms with Crippen molar-refractivity contribution in [1.29, 1.82) is 0 Å². The molecule has 0 saturated carbocycles. The van der Waals surface area contributed by atoms with Gasteiger partial charge in [0.2, 0.25) is 5.91 Å². The Kier molecular flexibility index (Phi) is 3.45. The molecule has 2 saturated heterocycles. The van der Waals surface area contributed by atoms with Gasteiger partial charge in [-0.2, -0.15) is 0 Å². The van der Waals surface area contributed by atoms with Crippen LogP contribution in [0.5, 0.6) is 0 Å². The van der Waals surface area contributed by atoms with Gasteiger partial charge >= 0.3 is 0 Å². The number of amides is 1. The molecule has 0 aromatic heterocycles. The number of fused-ring (bicyclic) bond motifs is 1. The Morgan fingerprint density at radius 2 is 2.19 bits per heavy atom. The van der Waals surface area contributed by atoms with Crippen LogP contribution in [0.2, 0.25) is 0 Å². The third kappa shape index (κ3) is 1.85. The fourth-order valence-electron chi connectivity index (χ4n) is 4.72. The molecule has 0 aromatic carbocycles. The number of rotatable bonds is 2. The summed E-state index contributed by atoms with van der Waals surface area (Å²) >= 11 is 0. The number of carbonyl (C=O) groups excluding carboxylic acids is 1. The van der Waals surface area contributed by atoms with Crippen molar-refractivity contribution in [2.45, 2.75) is 69.8 Å². The summed E-state index contributed by atoms with van der Waals surface area (Å²) in [6.45, 7) is 6.03. The van der Waals surface area contributed by atoms with Gasteiger partial charge < -0.3 is 14.7 Å². The minimum atomic E-state index is -0.675. The smallest absolute Gasteiger partial charge is 0.229 e. The molecule has 2 heterocycles. The van der Waals surface area contributed by atoms with Crippen LogP contribution >= 0.6 is 0 Å². The molecule has 4 heteroatoms. The summed E-state index contributed by atoms with van der Waals surface area (Å²) in [7, 11) is 1.82. The van der Waals surface area contributed by atoms with E-state index in [1.807, 2.05) is 27.8 Å². The number of allylic oxidation sites excluding steroid dienone is 1. The molecule has 21 heavy (non-hydrogen) atoms. The van der Waals surface area contributed by atoms with Crippen molar-refractivity contribution in [3.8, 4) is 0 Å². The maximum atomic E-state index is 12.7. The molecule has 0 bridgehead atoms. The molecule has 3 aliphatic rings. The molecule has 1 aliphatic carbocycles. The number of hydrogen-bond donors (Lipinski definition) is 1. The second-order valence-electron chi connectivity index (χ2n) is 7.34. The number of likely N-dealkylation sites (tertiary alicyclic amines) is 1. The zero-order valence-electron chi connectivity index (χ0n) is 13.5. The van der Waals surface area contributed by atoms with Crippen LogP contribution in [0.25, 0.3) is 0 Å². The van der Waals surface area contributed by atoms with E-state index in [4.69, 9.17) is 4.74 Å². The van der Waals surface area contributed by atoms with Crippen molar-refractivity contribution in [3.63, 3.8) is 0 Å². The molecule has 0 aromatic rings. The van der Waals surface area contributed by atoms with Crippen molar-refractivity contribution in [2.24, 2.45) is 11.8 Å². The monoisotopic (exact) mass is 293 g/mol. The van der Waals surface area contributed by atoms with Crippen molar-refractivity contribution in [2.75, 3.05) is 7.05 Å². The molecular formula is C17H27NO3. The molecule has 0 radical (unpaired) electrons. The second kappa shape index (κ2) is 4.82. The van der Waals surface area contributed by atoms with Crippen LogP contribution in [-0.2, 0) is 9.53 Å². The molecule has 1 N–H and O–H groups in total. The lowest BCUT2D eigenvalue weighted by atomic mass is 9.70. The Balaban J connectivity index is 1.99. The molecule has 2 fully saturated rings. The van der Waals surface area contributed by atoms with Crippen LogP contribution in [0, 0.1) is 11.8 Å². The van der Waals surface area contributed by atoms with E-state index < -0.39 is 17.2 Å². The predicted octanol–water partition coefficient (Wildman–Crippen LogP) is 2.12. The summed E-state index contributed by atoms with van der Waals surface area (Å²) in [5.74, 6) is 0.0852. The van der Waals surface area contributed by atoms with Gasteiger partial charge in [-0.05, 0) is 46.5 Å². The fourth-order valence-corrected chi connectivity index (χ4v) is 4.72. The first kappa shape index (κ1) is 15.0. The summed E-state index contributed by atoms with van der Waals surface area (Å²) in [6.07, 6.45) is 7.66. The lowest BCUT2D eigenvalue weighted by molar-refractivity contribution is -0.153. The Morgan fingerprint density at radius 1 is 1.48 bits per heavy atom. The van der Waals surface area contributed by atoms with Crippen LogP contribution < -0.4 is 0 Å². The summed E-state index contributed by atoms with van der Waals surface area (Å²) in [6, 6.07) is 0. The topological polar surface area (TPSA) is 49.8 Å². The van der Waals surface area contributed by atoms with Crippen LogP contribution in [0.1, 0.15) is 46.5 Å². The van der Waals surface area contributed by atoms with E-state index in [-0.39, 0.29) is 23.8 Å². The summed E-state index contributed by atoms with van der Waals surface area (Å²) in [4.78, 5) is 14.4. The van der Waals surface area contributed by atoms with E-state index >= 15 is 0 Å². The molecule has 2 aliphatic heterocycles. The van der Waals surface area contributed by atoms with Crippen LogP contribution in [0.15, 0.2) is 12.2 Å². The highest BCUT2D eigenvalue weighted by Crippen LogP contribution is 2.54. The molecule has 1 amide bonds. The molecule has 0 unspecified atom stereocenters. The van der Waals surface area contributed by atoms with Gasteiger partial charge in [0.25, 0.3) is 0 Å². The highest BCUT2D eigenvalue weighted by Gasteiger charge is 2.69. The van der Waals surface area contributed by atoms with E-state index in [1.54, 1.807) is 4.90 Å². The van der Waals surface area contributed by atoms with E-state index in [9.17, 15) is 9.90 Å². The maximum Gasteiger partial charge on any atom is 0.229 e. The molecule has 118 valence electrons. The Labute approximate surface area is 127 Å². The highest BCUT2D eigenvalue weighted by atomic mass is 16.5. The minimum absolute atomic E-state index is 0.0751. The van der Waals surface area contributed by atoms with Crippen LogP contribution in [0.3, 0.4) is 0 Å². The van der Waals surface area contributed by atoms with Crippen LogP contribution in [0.4, 0.5) is 0 Å². The zero-order valence-corrected chi connectivity index (χ0v) is 13.5. The van der Waals surface area contributed by atoms with Gasteiger partial charge in [0, 0.05) is 13.0 Å². The average molecular weight is 293 g/mol. The molecular weight excluding hydrogens is 266 g/mol. The fraction of sp³-hybridized carbons (Fsp3) is 0.824. The molecule has 6 atom stereocenters. The number of aliphatic hydroxyl groups excluding tert-OH is 1. The zero-order chi connectivity index (χ0) is 15.4. The quantitative estimate of drug-likeness (QED) is 0.793. The highest BCUT2D eigenvalue weighted by molar-refractivity contribution is 5.85. The standard InChI is InChI=1S/C17H27NO3/c1-11-10-13-15(20)18(4)16(2,17(13,3)21-11)14(19)12-8-6-5-7-9-12/h6,8,11-14,19H,5,7,9-10H2,1-4H3/t11-,12+,13-,14-,16+,17-/m0/s1. The molecule has 3 rings (SSSR count). The van der Waals surface area contributed by atoms with Crippen LogP contribution in [-0.4, -0.2) is 46.3 Å². The SMILES string of the molecule is C[C@H]1C[C@H]2C(=O)N(C)[C@](C)([C@@H](O)[C@@H]3C=CCCC3)[C@@]2(C)O1. The third-order valence-corrected chi connectivity index (χ3v) is 6.28. The van der Waals surface area contributed by atoms with Gasteiger partial charge in [-0.1, -0.05) is 12.2 Å². The van der Waals surface area contributed by atoms with Gasteiger partial charge in [-0.15, -0.1) is 0 Å². The lowest BCUT2D eigenvalue weighted by Gasteiger charge is -2.48. The van der Waals surface area contributed by atoms with Crippen molar-refractivity contribution in [1.82, 2.24) is 4.90 Å². The first-order valence-corrected chi connectivity index (χ1v) is 8.12. The first-order valence-electron chi connectivity index (χ1n) is 8.12. The first-order chi connectivity index (χ1) is 9.82. The maximum absolute atomic E-state index is 12.7. The van der Waals surface area contributed by atoms with Gasteiger partial charge in [-0.3, -0.25) is 4.79 Å². The third-order valence-electron chi connectivity index (χ3n) is 6.28. The van der Waals surface area contributed by atoms with Gasteiger partial charge in [0.15, 0.2) is 0 Å². The Morgan fingerprint density at radius 3 is 2.81 bits per heavy atom. The van der Waals surface area contributed by atoms with Crippen molar-refractivity contribution in [3.05, 3.63) is 12.2 Å². The number of aliphatic hydroxyl groups is 1. The molecule has 0 spiro atoms. The summed E-state index contributed by atoms with van der Waals surface area (Å²) in [5.41, 5.74) is -1.28. The van der Waals surface area contributed by atoms with E-state index in [0.717, 1.165) is 25.7 Å². The number of hydrogen-bond acceptors (Lipinski definition) is 3. The Hall–Kier alpha value is -0.870. The van der Waals surface area contributed by atoms with Crippen molar-refractivity contribution >= 4 is 5.91 Å².